The molecule has 0 radical (unpaired) electrons. The summed E-state index contributed by atoms with van der Waals surface area (Å²) >= 11 is 0. The topological polar surface area (TPSA) is 95.9 Å². The number of carbonyl (C=O) groups is 2. The van der Waals surface area contributed by atoms with Crippen molar-refractivity contribution in [2.45, 2.75) is 315 Å². The average Bonchev–Trinajstić information content (AvgIpc) is 3.29. The standard InChI is InChI=1S/C58H109NO5/c1-4-7-10-13-16-19-22-24-26-28-30-32-34-36-39-42-45-48-51-58(63)64-54(49-46-43-40-37-21-18-15-12-9-6-3)52-57(62)59-55(53-60)56(61)50-47-44-41-38-35-33-31-29-27-25-23-20-17-14-11-8-5-2/h22,24,26,28,30,32,54-56,60-61H,4-21,23,25,27,29,31,33-53H2,1-3H3,(H,59,62)/b24-22+,28-26+,32-30+. The smallest absolute Gasteiger partial charge is 0.306 e. The molecule has 0 heterocycles. The SMILES string of the molecule is CCCCCCC/C=C/C=C/C=C/CCCCCCCC(=O)OC(CCCCCCCCCCCC)CC(=O)NC(CO)C(O)CCCCCCCCCCCCCCCCCCC. The number of aliphatic hydroxyl groups excluding tert-OH is 2. The van der Waals surface area contributed by atoms with Crippen LogP contribution in [0.2, 0.25) is 0 Å². The average molecular weight is 901 g/mol. The second-order valence-electron chi connectivity index (χ2n) is 19.4. The van der Waals surface area contributed by atoms with Crippen LogP contribution < -0.4 is 5.32 Å². The van der Waals surface area contributed by atoms with Crippen molar-refractivity contribution in [3.8, 4) is 0 Å². The summed E-state index contributed by atoms with van der Waals surface area (Å²) in [7, 11) is 0. The number of unbranched alkanes of at least 4 members (excludes halogenated alkanes) is 35. The molecule has 3 N–H and O–H groups in total. The number of carbonyl (C=O) groups excluding carboxylic acids is 2. The zero-order valence-electron chi connectivity index (χ0n) is 42.9. The van der Waals surface area contributed by atoms with Crippen LogP contribution in [0.15, 0.2) is 36.5 Å². The molecule has 0 spiro atoms. The fraction of sp³-hybridized carbons (Fsp3) is 0.862. The minimum absolute atomic E-state index is 0.0730. The molecule has 0 saturated heterocycles. The van der Waals surface area contributed by atoms with Gasteiger partial charge in [0.1, 0.15) is 6.10 Å². The van der Waals surface area contributed by atoms with Crippen molar-refractivity contribution in [2.24, 2.45) is 0 Å². The Kier molecular flexibility index (Phi) is 50.5. The normalized spacial score (nSPS) is 13.4. The number of amides is 1. The summed E-state index contributed by atoms with van der Waals surface area (Å²) < 4.78 is 5.93. The molecule has 64 heavy (non-hydrogen) atoms. The Labute approximate surface area is 398 Å². The van der Waals surface area contributed by atoms with E-state index in [4.69, 9.17) is 4.74 Å². The molecule has 0 rings (SSSR count). The molecule has 0 aliphatic carbocycles. The number of nitrogens with one attached hydrogen (secondary N) is 1. The van der Waals surface area contributed by atoms with Crippen LogP contribution in [0.5, 0.6) is 0 Å². The number of esters is 1. The summed E-state index contributed by atoms with van der Waals surface area (Å²) in [6.45, 7) is 6.48. The van der Waals surface area contributed by atoms with E-state index < -0.39 is 18.2 Å². The van der Waals surface area contributed by atoms with Crippen molar-refractivity contribution in [2.75, 3.05) is 6.61 Å². The van der Waals surface area contributed by atoms with Gasteiger partial charge >= 0.3 is 5.97 Å². The number of aliphatic hydroxyl groups is 2. The van der Waals surface area contributed by atoms with Crippen molar-refractivity contribution in [3.63, 3.8) is 0 Å². The summed E-state index contributed by atoms with van der Waals surface area (Å²) in [5.41, 5.74) is 0. The predicted octanol–water partition coefficient (Wildman–Crippen LogP) is 17.2. The van der Waals surface area contributed by atoms with Gasteiger partial charge in [-0.15, -0.1) is 0 Å². The molecule has 0 bridgehead atoms. The molecule has 0 aromatic carbocycles. The van der Waals surface area contributed by atoms with E-state index in [1.807, 2.05) is 0 Å². The maximum atomic E-state index is 13.2. The van der Waals surface area contributed by atoms with E-state index in [2.05, 4.69) is 62.5 Å². The molecule has 0 aromatic heterocycles. The van der Waals surface area contributed by atoms with Gasteiger partial charge in [0, 0.05) is 6.42 Å². The van der Waals surface area contributed by atoms with Gasteiger partial charge in [-0.3, -0.25) is 9.59 Å². The Morgan fingerprint density at radius 1 is 0.453 bits per heavy atom. The zero-order valence-corrected chi connectivity index (χ0v) is 42.9. The predicted molar refractivity (Wildman–Crippen MR) is 278 cm³/mol. The summed E-state index contributed by atoms with van der Waals surface area (Å²) in [4.78, 5) is 26.2. The van der Waals surface area contributed by atoms with Crippen molar-refractivity contribution in [3.05, 3.63) is 36.5 Å². The van der Waals surface area contributed by atoms with Gasteiger partial charge in [0.2, 0.25) is 5.91 Å². The van der Waals surface area contributed by atoms with E-state index in [9.17, 15) is 19.8 Å². The molecule has 6 heteroatoms. The fourth-order valence-corrected chi connectivity index (χ4v) is 8.73. The monoisotopic (exact) mass is 900 g/mol. The highest BCUT2D eigenvalue weighted by Crippen LogP contribution is 2.18. The van der Waals surface area contributed by atoms with Gasteiger partial charge < -0.3 is 20.3 Å². The molecule has 0 fully saturated rings. The van der Waals surface area contributed by atoms with Crippen LogP contribution in [0, 0.1) is 0 Å². The van der Waals surface area contributed by atoms with Crippen LogP contribution >= 0.6 is 0 Å². The first-order valence-electron chi connectivity index (χ1n) is 28.2. The van der Waals surface area contributed by atoms with E-state index in [-0.39, 0.29) is 24.9 Å². The van der Waals surface area contributed by atoms with Crippen LogP contribution in [0.4, 0.5) is 0 Å². The van der Waals surface area contributed by atoms with Crippen LogP contribution in [-0.2, 0) is 14.3 Å². The van der Waals surface area contributed by atoms with Gasteiger partial charge in [-0.25, -0.2) is 0 Å². The summed E-state index contributed by atoms with van der Waals surface area (Å²) in [6.07, 6.45) is 62.1. The van der Waals surface area contributed by atoms with Gasteiger partial charge in [0.05, 0.1) is 25.2 Å². The van der Waals surface area contributed by atoms with E-state index in [0.717, 1.165) is 64.2 Å². The lowest BCUT2D eigenvalue weighted by atomic mass is 10.0. The molecule has 3 atom stereocenters. The number of ether oxygens (including phenoxy) is 1. The first-order valence-corrected chi connectivity index (χ1v) is 28.2. The third-order valence-electron chi connectivity index (χ3n) is 13.0. The Bertz CT molecular complexity index is 1060. The fourth-order valence-electron chi connectivity index (χ4n) is 8.73. The van der Waals surface area contributed by atoms with Crippen molar-refractivity contribution < 1.29 is 24.5 Å². The summed E-state index contributed by atoms with van der Waals surface area (Å²) in [5, 5.41) is 23.8. The molecule has 6 nitrogen and oxygen atoms in total. The lowest BCUT2D eigenvalue weighted by Crippen LogP contribution is -2.46. The highest BCUT2D eigenvalue weighted by atomic mass is 16.5. The van der Waals surface area contributed by atoms with Crippen LogP contribution in [-0.4, -0.2) is 46.9 Å². The Morgan fingerprint density at radius 2 is 0.797 bits per heavy atom. The Hall–Kier alpha value is -1.92. The van der Waals surface area contributed by atoms with E-state index >= 15 is 0 Å². The molecule has 1 amide bonds. The van der Waals surface area contributed by atoms with E-state index in [1.165, 1.54) is 186 Å². The van der Waals surface area contributed by atoms with Gasteiger partial charge in [-0.05, 0) is 51.4 Å². The summed E-state index contributed by atoms with van der Waals surface area (Å²) in [5.74, 6) is -0.484. The third-order valence-corrected chi connectivity index (χ3v) is 13.0. The minimum atomic E-state index is -0.789. The molecule has 0 aliphatic heterocycles. The first kappa shape index (κ1) is 62.1. The molecule has 376 valence electrons. The van der Waals surface area contributed by atoms with Crippen LogP contribution in [0.1, 0.15) is 297 Å². The molecule has 0 saturated carbocycles. The third kappa shape index (κ3) is 46.6. The molecular formula is C58H109NO5. The number of hydrogen-bond donors (Lipinski definition) is 3. The first-order chi connectivity index (χ1) is 31.5. The Balaban J connectivity index is 4.45. The van der Waals surface area contributed by atoms with Gasteiger partial charge in [-0.2, -0.15) is 0 Å². The van der Waals surface area contributed by atoms with E-state index in [0.29, 0.717) is 19.3 Å². The van der Waals surface area contributed by atoms with E-state index in [1.54, 1.807) is 0 Å². The van der Waals surface area contributed by atoms with Crippen molar-refractivity contribution in [1.82, 2.24) is 5.32 Å². The zero-order chi connectivity index (χ0) is 46.7. The molecule has 0 aromatic rings. The second-order valence-corrected chi connectivity index (χ2v) is 19.4. The second kappa shape index (κ2) is 52.1. The number of rotatable bonds is 51. The van der Waals surface area contributed by atoms with Gasteiger partial charge in [0.15, 0.2) is 0 Å². The molecule has 0 aliphatic rings. The highest BCUT2D eigenvalue weighted by molar-refractivity contribution is 5.77. The molecular weight excluding hydrogens is 791 g/mol. The largest absolute Gasteiger partial charge is 0.462 e. The number of hydrogen-bond acceptors (Lipinski definition) is 5. The highest BCUT2D eigenvalue weighted by Gasteiger charge is 2.24. The quantitative estimate of drug-likeness (QED) is 0.0321. The minimum Gasteiger partial charge on any atom is -0.462 e. The molecule has 3 unspecified atom stereocenters. The van der Waals surface area contributed by atoms with Crippen LogP contribution in [0.25, 0.3) is 0 Å². The lowest BCUT2D eigenvalue weighted by Gasteiger charge is -2.24. The lowest BCUT2D eigenvalue weighted by molar-refractivity contribution is -0.151. The van der Waals surface area contributed by atoms with Crippen LogP contribution in [0.3, 0.4) is 0 Å². The van der Waals surface area contributed by atoms with Crippen molar-refractivity contribution in [1.29, 1.82) is 0 Å². The maximum Gasteiger partial charge on any atom is 0.306 e. The Morgan fingerprint density at radius 3 is 1.19 bits per heavy atom. The van der Waals surface area contributed by atoms with Gasteiger partial charge in [-0.1, -0.05) is 269 Å². The van der Waals surface area contributed by atoms with Crippen molar-refractivity contribution >= 4 is 11.9 Å². The summed E-state index contributed by atoms with van der Waals surface area (Å²) in [6, 6.07) is -0.703. The maximum absolute atomic E-state index is 13.2. The number of allylic oxidation sites excluding steroid dienone is 6. The van der Waals surface area contributed by atoms with Gasteiger partial charge in [0.25, 0.3) is 0 Å².